The van der Waals surface area contributed by atoms with Gasteiger partial charge in [-0.15, -0.1) is 0 Å². The van der Waals surface area contributed by atoms with E-state index in [0.29, 0.717) is 26.5 Å². The van der Waals surface area contributed by atoms with Crippen LogP contribution in [0.15, 0.2) is 55.9 Å². The van der Waals surface area contributed by atoms with Crippen molar-refractivity contribution in [3.63, 3.8) is 0 Å². The molecule has 2 N–H and O–H groups in total. The summed E-state index contributed by atoms with van der Waals surface area (Å²) in [6, 6.07) is 12.1. The van der Waals surface area contributed by atoms with Gasteiger partial charge in [-0.05, 0) is 51.8 Å². The second kappa shape index (κ2) is 11.9. The van der Waals surface area contributed by atoms with Crippen LogP contribution in [0.5, 0.6) is 5.75 Å². The number of benzene rings is 2. The summed E-state index contributed by atoms with van der Waals surface area (Å²) in [5, 5.41) is 15.8. The van der Waals surface area contributed by atoms with E-state index in [-0.39, 0.29) is 16.4 Å². The van der Waals surface area contributed by atoms with Gasteiger partial charge in [0.2, 0.25) is 11.8 Å². The Balaban J connectivity index is 1.92. The number of carbonyl (C=O) groups is 3. The first-order valence-electron chi connectivity index (χ1n) is 9.94. The number of hydrogen-bond donors (Lipinski definition) is 2. The minimum absolute atomic E-state index is 0.116. The van der Waals surface area contributed by atoms with Crippen LogP contribution in [-0.4, -0.2) is 37.8 Å². The van der Waals surface area contributed by atoms with Crippen LogP contribution in [0.1, 0.15) is 11.5 Å². The standard InChI is InChI=1S/C23H18Br2ClN3O5S/c1-33-17-6-3-11(7-14(17)25)19-13(9-27)22(29-21(31)20(19)23(32)34-2)35-10-18(30)28-16-5-4-12(24)8-15(16)26/h3-8,19-20H,10H2,1-2H3,(H,28,30)(H,29,31)/t19-,20-/m1/s1. The van der Waals surface area contributed by atoms with Gasteiger partial charge in [0, 0.05) is 10.4 Å². The molecule has 0 aromatic heterocycles. The summed E-state index contributed by atoms with van der Waals surface area (Å²) < 4.78 is 11.4. The van der Waals surface area contributed by atoms with Crippen molar-refractivity contribution in [2.24, 2.45) is 5.92 Å². The number of esters is 1. The van der Waals surface area contributed by atoms with E-state index in [1.807, 2.05) is 0 Å². The summed E-state index contributed by atoms with van der Waals surface area (Å²) in [6.07, 6.45) is 0. The highest BCUT2D eigenvalue weighted by molar-refractivity contribution is 9.10. The van der Waals surface area contributed by atoms with Crippen LogP contribution < -0.4 is 15.4 Å². The van der Waals surface area contributed by atoms with Crippen molar-refractivity contribution in [3.8, 4) is 11.8 Å². The zero-order chi connectivity index (χ0) is 25.7. The lowest BCUT2D eigenvalue weighted by molar-refractivity contribution is -0.150. The van der Waals surface area contributed by atoms with Crippen molar-refractivity contribution >= 4 is 78.7 Å². The van der Waals surface area contributed by atoms with E-state index in [0.717, 1.165) is 16.2 Å². The minimum Gasteiger partial charge on any atom is -0.496 e. The van der Waals surface area contributed by atoms with E-state index in [1.165, 1.54) is 14.2 Å². The molecule has 2 aromatic carbocycles. The molecule has 0 fully saturated rings. The largest absolute Gasteiger partial charge is 0.496 e. The molecule has 0 saturated heterocycles. The molecule has 2 amide bonds. The lowest BCUT2D eigenvalue weighted by Crippen LogP contribution is -2.44. The van der Waals surface area contributed by atoms with Crippen molar-refractivity contribution in [2.45, 2.75) is 5.92 Å². The minimum atomic E-state index is -1.28. The number of methoxy groups -OCH3 is 2. The third kappa shape index (κ3) is 6.19. The summed E-state index contributed by atoms with van der Waals surface area (Å²) in [6.45, 7) is 0. The molecule has 1 aliphatic rings. The van der Waals surface area contributed by atoms with Gasteiger partial charge in [-0.2, -0.15) is 5.26 Å². The van der Waals surface area contributed by atoms with Crippen molar-refractivity contribution in [2.75, 3.05) is 25.3 Å². The van der Waals surface area contributed by atoms with Gasteiger partial charge >= 0.3 is 5.97 Å². The van der Waals surface area contributed by atoms with Gasteiger partial charge < -0.3 is 20.1 Å². The maximum atomic E-state index is 12.9. The monoisotopic (exact) mass is 641 g/mol. The number of nitrogens with one attached hydrogen (secondary N) is 2. The molecular formula is C23H18Br2ClN3O5S. The Bertz CT molecular complexity index is 1260. The molecule has 8 nitrogen and oxygen atoms in total. The smallest absolute Gasteiger partial charge is 0.319 e. The summed E-state index contributed by atoms with van der Waals surface area (Å²) in [4.78, 5) is 38.0. The molecule has 1 heterocycles. The first-order valence-corrected chi connectivity index (χ1v) is 12.9. The van der Waals surface area contributed by atoms with Crippen molar-refractivity contribution in [3.05, 3.63) is 66.5 Å². The van der Waals surface area contributed by atoms with E-state index < -0.39 is 29.6 Å². The van der Waals surface area contributed by atoms with Gasteiger partial charge in [-0.25, -0.2) is 0 Å². The maximum absolute atomic E-state index is 12.9. The first-order chi connectivity index (χ1) is 16.7. The summed E-state index contributed by atoms with van der Waals surface area (Å²) in [5.41, 5.74) is 1.09. The maximum Gasteiger partial charge on any atom is 0.319 e. The lowest BCUT2D eigenvalue weighted by atomic mass is 9.78. The van der Waals surface area contributed by atoms with E-state index in [4.69, 9.17) is 21.1 Å². The van der Waals surface area contributed by atoms with Gasteiger partial charge in [-0.1, -0.05) is 45.4 Å². The number of thioether (sulfide) groups is 1. The van der Waals surface area contributed by atoms with Gasteiger partial charge in [0.25, 0.3) is 0 Å². The van der Waals surface area contributed by atoms with Crippen LogP contribution in [0, 0.1) is 17.2 Å². The zero-order valence-corrected chi connectivity index (χ0v) is 23.1. The first kappa shape index (κ1) is 27.1. The number of hydrogen-bond acceptors (Lipinski definition) is 7. The number of halogens is 3. The molecular weight excluding hydrogens is 626 g/mol. The van der Waals surface area contributed by atoms with E-state index in [1.54, 1.807) is 36.4 Å². The highest BCUT2D eigenvalue weighted by Crippen LogP contribution is 2.42. The topological polar surface area (TPSA) is 118 Å². The second-order valence-corrected chi connectivity index (χ2v) is 10.3. The molecule has 0 unspecified atom stereocenters. The fourth-order valence-corrected chi connectivity index (χ4v) is 5.60. The third-order valence-electron chi connectivity index (χ3n) is 5.07. The predicted molar refractivity (Wildman–Crippen MR) is 140 cm³/mol. The van der Waals surface area contributed by atoms with Gasteiger partial charge in [0.15, 0.2) is 0 Å². The van der Waals surface area contributed by atoms with Gasteiger partial charge in [0.1, 0.15) is 11.7 Å². The predicted octanol–water partition coefficient (Wildman–Crippen LogP) is 4.98. The Labute approximate surface area is 227 Å². The highest BCUT2D eigenvalue weighted by atomic mass is 79.9. The van der Waals surface area contributed by atoms with Gasteiger partial charge in [0.05, 0.1) is 51.8 Å². The Morgan fingerprint density at radius 3 is 2.57 bits per heavy atom. The molecule has 0 aliphatic carbocycles. The average molecular weight is 644 g/mol. The third-order valence-corrected chi connectivity index (χ3v) is 7.51. The molecule has 12 heteroatoms. The summed E-state index contributed by atoms with van der Waals surface area (Å²) in [7, 11) is 2.68. The number of carbonyl (C=O) groups excluding carboxylic acids is 3. The number of ether oxygens (including phenoxy) is 2. The summed E-state index contributed by atoms with van der Waals surface area (Å²) in [5.74, 6) is -3.58. The second-order valence-electron chi connectivity index (χ2n) is 7.18. The van der Waals surface area contributed by atoms with Crippen LogP contribution in [0.25, 0.3) is 0 Å². The van der Waals surface area contributed by atoms with Crippen molar-refractivity contribution in [1.29, 1.82) is 5.26 Å². The normalized spacial score (nSPS) is 17.3. The number of allylic oxidation sites excluding steroid dienone is 1. The summed E-state index contributed by atoms with van der Waals surface area (Å²) >= 11 is 13.8. The molecule has 35 heavy (non-hydrogen) atoms. The Hall–Kier alpha value is -2.52. The van der Waals surface area contributed by atoms with Crippen LogP contribution >= 0.6 is 55.2 Å². The number of nitrogens with zero attached hydrogens (tertiary/aromatic N) is 1. The molecule has 0 radical (unpaired) electrons. The SMILES string of the molecule is COC(=O)[C@H]1C(=O)NC(SCC(=O)Nc2ccc(Br)cc2Cl)=C(C#N)[C@H]1c1ccc(OC)c(Br)c1. The Morgan fingerprint density at radius 1 is 1.23 bits per heavy atom. The highest BCUT2D eigenvalue weighted by Gasteiger charge is 2.44. The molecule has 3 rings (SSSR count). The fourth-order valence-electron chi connectivity index (χ4n) is 3.47. The quantitative estimate of drug-likeness (QED) is 0.323. The number of rotatable bonds is 7. The average Bonchev–Trinajstić information content (AvgIpc) is 2.83. The van der Waals surface area contributed by atoms with Crippen LogP contribution in [-0.2, 0) is 19.1 Å². The van der Waals surface area contributed by atoms with Crippen LogP contribution in [0.4, 0.5) is 5.69 Å². The molecule has 2 aromatic rings. The molecule has 182 valence electrons. The fraction of sp³-hybridized carbons (Fsp3) is 0.217. The number of amides is 2. The molecule has 2 atom stereocenters. The van der Waals surface area contributed by atoms with E-state index in [2.05, 4.69) is 48.6 Å². The zero-order valence-electron chi connectivity index (χ0n) is 18.4. The Kier molecular flexibility index (Phi) is 9.24. The van der Waals surface area contributed by atoms with E-state index in [9.17, 15) is 19.6 Å². The van der Waals surface area contributed by atoms with Crippen LogP contribution in [0.2, 0.25) is 5.02 Å². The van der Waals surface area contributed by atoms with Gasteiger partial charge in [-0.3, -0.25) is 14.4 Å². The molecule has 0 saturated carbocycles. The molecule has 1 aliphatic heterocycles. The van der Waals surface area contributed by atoms with E-state index >= 15 is 0 Å². The molecule has 0 spiro atoms. The van der Waals surface area contributed by atoms with Crippen LogP contribution in [0.3, 0.4) is 0 Å². The number of anilines is 1. The lowest BCUT2D eigenvalue weighted by Gasteiger charge is -2.31. The Morgan fingerprint density at radius 2 is 1.97 bits per heavy atom. The van der Waals surface area contributed by atoms with Crippen molar-refractivity contribution in [1.82, 2.24) is 5.32 Å². The number of nitriles is 1. The van der Waals surface area contributed by atoms with Crippen molar-refractivity contribution < 1.29 is 23.9 Å². The molecule has 0 bridgehead atoms.